The summed E-state index contributed by atoms with van der Waals surface area (Å²) in [4.78, 5) is 35.2. The Kier molecular flexibility index (Phi) is 5.91. The van der Waals surface area contributed by atoms with Crippen LogP contribution in [0.1, 0.15) is 30.8 Å². The van der Waals surface area contributed by atoms with Crippen molar-refractivity contribution in [2.45, 2.75) is 26.4 Å². The fraction of sp³-hybridized carbons (Fsp3) is 0.600. The fourth-order valence-corrected chi connectivity index (χ4v) is 2.25. The van der Waals surface area contributed by atoms with Crippen molar-refractivity contribution in [3.8, 4) is 0 Å². The molecule has 0 bridgehead atoms. The first-order valence-electron chi connectivity index (χ1n) is 7.81. The predicted octanol–water partition coefficient (Wildman–Crippen LogP) is 1.19. The Labute approximate surface area is 139 Å². The van der Waals surface area contributed by atoms with Crippen LogP contribution >= 0.6 is 0 Å². The first-order chi connectivity index (χ1) is 11.4. The van der Waals surface area contributed by atoms with E-state index in [0.29, 0.717) is 13.2 Å². The Morgan fingerprint density at radius 3 is 2.75 bits per heavy atom. The number of carbonyl (C=O) groups is 2. The van der Waals surface area contributed by atoms with Crippen LogP contribution in [0, 0.1) is 16.0 Å². The maximum absolute atomic E-state index is 12.1. The molecule has 0 saturated carbocycles. The predicted molar refractivity (Wildman–Crippen MR) is 83.5 cm³/mol. The molecule has 1 aromatic heterocycles. The molecular formula is C15H21N3O6. The first-order valence-corrected chi connectivity index (χ1v) is 7.81. The van der Waals surface area contributed by atoms with Crippen molar-refractivity contribution >= 4 is 17.7 Å². The number of ether oxygens (including phenoxy) is 1. The number of nitrogens with one attached hydrogen (secondary N) is 1. The summed E-state index contributed by atoms with van der Waals surface area (Å²) in [5.41, 5.74) is 0. The van der Waals surface area contributed by atoms with Gasteiger partial charge in [0.2, 0.25) is 5.91 Å². The van der Waals surface area contributed by atoms with Gasteiger partial charge in [0, 0.05) is 26.2 Å². The van der Waals surface area contributed by atoms with Crippen molar-refractivity contribution in [2.24, 2.45) is 5.92 Å². The van der Waals surface area contributed by atoms with Gasteiger partial charge in [-0.05, 0) is 26.3 Å². The van der Waals surface area contributed by atoms with Crippen LogP contribution in [0.5, 0.6) is 0 Å². The number of nitrogens with zero attached hydrogens (tertiary/aromatic N) is 2. The van der Waals surface area contributed by atoms with Gasteiger partial charge in [0.15, 0.2) is 5.76 Å². The van der Waals surface area contributed by atoms with Crippen molar-refractivity contribution in [3.63, 3.8) is 0 Å². The Balaban J connectivity index is 1.69. The lowest BCUT2D eigenvalue weighted by Gasteiger charge is -2.37. The molecule has 0 spiro atoms. The van der Waals surface area contributed by atoms with Crippen LogP contribution in [0.4, 0.5) is 5.88 Å². The largest absolute Gasteiger partial charge is 0.433 e. The fourth-order valence-electron chi connectivity index (χ4n) is 2.25. The van der Waals surface area contributed by atoms with Crippen LogP contribution in [-0.4, -0.2) is 54.0 Å². The molecule has 1 fully saturated rings. The third-order valence-corrected chi connectivity index (χ3v) is 3.59. The normalized spacial score (nSPS) is 14.5. The molecule has 2 heterocycles. The zero-order chi connectivity index (χ0) is 17.7. The third-order valence-electron chi connectivity index (χ3n) is 3.59. The minimum Gasteiger partial charge on any atom is -0.395 e. The van der Waals surface area contributed by atoms with E-state index in [1.54, 1.807) is 0 Å². The highest BCUT2D eigenvalue weighted by molar-refractivity contribution is 5.94. The van der Waals surface area contributed by atoms with Crippen molar-refractivity contribution in [1.29, 1.82) is 0 Å². The van der Waals surface area contributed by atoms with Gasteiger partial charge in [-0.2, -0.15) is 0 Å². The Bertz CT molecular complexity index is 606. The number of nitro groups is 1. The molecule has 9 heteroatoms. The summed E-state index contributed by atoms with van der Waals surface area (Å²) < 4.78 is 10.2. The summed E-state index contributed by atoms with van der Waals surface area (Å²) in [5, 5.41) is 13.3. The van der Waals surface area contributed by atoms with E-state index in [4.69, 9.17) is 9.15 Å². The van der Waals surface area contributed by atoms with Crippen molar-refractivity contribution in [3.05, 3.63) is 28.0 Å². The molecule has 9 nitrogen and oxygen atoms in total. The number of likely N-dealkylation sites (tertiary alicyclic amines) is 1. The van der Waals surface area contributed by atoms with Gasteiger partial charge in [-0.15, -0.1) is 0 Å². The SMILES string of the molecule is CC(C)OCCCNC(=O)C1CN(C(=O)c2ccc([N+](=O)[O-])o2)C1. The lowest BCUT2D eigenvalue weighted by Crippen LogP contribution is -2.55. The third kappa shape index (κ3) is 4.54. The molecule has 0 aromatic carbocycles. The number of rotatable bonds is 8. The molecule has 132 valence electrons. The minimum absolute atomic E-state index is 0.0913. The molecule has 1 aliphatic heterocycles. The van der Waals surface area contributed by atoms with Crippen LogP contribution in [0.25, 0.3) is 0 Å². The van der Waals surface area contributed by atoms with Gasteiger partial charge < -0.3 is 19.4 Å². The molecule has 1 saturated heterocycles. The summed E-state index contributed by atoms with van der Waals surface area (Å²) in [5.74, 6) is -1.38. The summed E-state index contributed by atoms with van der Waals surface area (Å²) in [6.07, 6.45) is 0.902. The number of hydrogen-bond acceptors (Lipinski definition) is 6. The molecule has 2 amide bonds. The molecule has 1 aliphatic rings. The van der Waals surface area contributed by atoms with Gasteiger partial charge in [-0.25, -0.2) is 0 Å². The summed E-state index contributed by atoms with van der Waals surface area (Å²) in [7, 11) is 0. The second-order valence-corrected chi connectivity index (χ2v) is 5.87. The molecular weight excluding hydrogens is 318 g/mol. The highest BCUT2D eigenvalue weighted by Gasteiger charge is 2.37. The second kappa shape index (κ2) is 7.91. The Morgan fingerprint density at radius 1 is 1.46 bits per heavy atom. The van der Waals surface area contributed by atoms with E-state index in [0.717, 1.165) is 12.5 Å². The number of carbonyl (C=O) groups excluding carboxylic acids is 2. The average molecular weight is 339 g/mol. The minimum atomic E-state index is -0.702. The van der Waals surface area contributed by atoms with E-state index in [1.165, 1.54) is 11.0 Å². The van der Waals surface area contributed by atoms with E-state index in [-0.39, 0.29) is 36.8 Å². The Hall–Kier alpha value is -2.42. The van der Waals surface area contributed by atoms with Gasteiger partial charge >= 0.3 is 5.88 Å². The van der Waals surface area contributed by atoms with Crippen molar-refractivity contribution < 1.29 is 23.7 Å². The van der Waals surface area contributed by atoms with E-state index in [1.807, 2.05) is 13.8 Å². The zero-order valence-electron chi connectivity index (χ0n) is 13.7. The van der Waals surface area contributed by atoms with Crippen molar-refractivity contribution in [2.75, 3.05) is 26.2 Å². The topological polar surface area (TPSA) is 115 Å². The quantitative estimate of drug-likeness (QED) is 0.432. The molecule has 2 rings (SSSR count). The molecule has 1 aromatic rings. The molecule has 24 heavy (non-hydrogen) atoms. The zero-order valence-corrected chi connectivity index (χ0v) is 13.7. The summed E-state index contributed by atoms with van der Waals surface area (Å²) in [6.45, 7) is 5.58. The van der Waals surface area contributed by atoms with E-state index in [2.05, 4.69) is 5.32 Å². The summed E-state index contributed by atoms with van der Waals surface area (Å²) in [6, 6.07) is 2.40. The molecule has 0 unspecified atom stereocenters. The molecule has 0 aliphatic carbocycles. The van der Waals surface area contributed by atoms with Crippen LogP contribution in [0.15, 0.2) is 16.5 Å². The van der Waals surface area contributed by atoms with Gasteiger partial charge in [0.05, 0.1) is 18.1 Å². The lowest BCUT2D eigenvalue weighted by molar-refractivity contribution is -0.402. The molecule has 1 N–H and O–H groups in total. The smallest absolute Gasteiger partial charge is 0.395 e. The average Bonchev–Trinajstić information content (AvgIpc) is 2.94. The van der Waals surface area contributed by atoms with Crippen LogP contribution < -0.4 is 5.32 Å². The Morgan fingerprint density at radius 2 is 2.17 bits per heavy atom. The highest BCUT2D eigenvalue weighted by atomic mass is 16.6. The number of furan rings is 1. The standard InChI is InChI=1S/C15H21N3O6/c1-10(2)23-7-3-6-16-14(19)11-8-17(9-11)15(20)12-4-5-13(24-12)18(21)22/h4-5,10-11H,3,6-9H2,1-2H3,(H,16,19). The highest BCUT2D eigenvalue weighted by Crippen LogP contribution is 2.22. The van der Waals surface area contributed by atoms with Crippen LogP contribution in [0.3, 0.4) is 0 Å². The second-order valence-electron chi connectivity index (χ2n) is 5.87. The molecule has 0 atom stereocenters. The van der Waals surface area contributed by atoms with Gasteiger partial charge in [0.25, 0.3) is 5.91 Å². The van der Waals surface area contributed by atoms with Crippen molar-refractivity contribution in [1.82, 2.24) is 10.2 Å². The first kappa shape index (κ1) is 17.9. The van der Waals surface area contributed by atoms with Gasteiger partial charge in [0.1, 0.15) is 4.92 Å². The van der Waals surface area contributed by atoms with Gasteiger partial charge in [-0.1, -0.05) is 0 Å². The van der Waals surface area contributed by atoms with E-state index in [9.17, 15) is 19.7 Å². The number of amides is 2. The van der Waals surface area contributed by atoms with E-state index >= 15 is 0 Å². The molecule has 0 radical (unpaired) electrons. The monoisotopic (exact) mass is 339 g/mol. The maximum Gasteiger partial charge on any atom is 0.433 e. The number of hydrogen-bond donors (Lipinski definition) is 1. The van der Waals surface area contributed by atoms with Crippen LogP contribution in [0.2, 0.25) is 0 Å². The van der Waals surface area contributed by atoms with Crippen LogP contribution in [-0.2, 0) is 9.53 Å². The summed E-state index contributed by atoms with van der Waals surface area (Å²) >= 11 is 0. The lowest BCUT2D eigenvalue weighted by atomic mass is 9.99. The van der Waals surface area contributed by atoms with E-state index < -0.39 is 16.7 Å². The van der Waals surface area contributed by atoms with Gasteiger partial charge in [-0.3, -0.25) is 19.7 Å². The maximum atomic E-state index is 12.1.